The number of nitrogens with zero attached hydrogens (tertiary/aromatic N) is 1. The molecule has 0 saturated carbocycles. The highest BCUT2D eigenvalue weighted by molar-refractivity contribution is 6.18. The summed E-state index contributed by atoms with van der Waals surface area (Å²) >= 11 is 5.96. The number of hydrogen-bond acceptors (Lipinski definition) is 1. The molecule has 2 aliphatic rings. The number of halogens is 1. The van der Waals surface area contributed by atoms with Gasteiger partial charge in [0.15, 0.2) is 0 Å². The Hall–Kier alpha value is 0.250. The van der Waals surface area contributed by atoms with Crippen LogP contribution in [0.25, 0.3) is 0 Å². The fourth-order valence-electron chi connectivity index (χ4n) is 2.44. The van der Waals surface area contributed by atoms with Crippen LogP contribution in [0, 0.1) is 0 Å². The van der Waals surface area contributed by atoms with Crippen molar-refractivity contribution in [3.8, 4) is 0 Å². The third-order valence-corrected chi connectivity index (χ3v) is 3.56. The average Bonchev–Trinajstić information content (AvgIpc) is 2.42. The molecule has 0 bridgehead atoms. The molecule has 0 N–H and O–H groups in total. The summed E-state index contributed by atoms with van der Waals surface area (Å²) in [6, 6.07) is 0. The normalized spacial score (nSPS) is 30.9. The first-order valence-electron chi connectivity index (χ1n) is 4.18. The molecule has 0 spiro atoms. The quantitative estimate of drug-likeness (QED) is 0.528. The summed E-state index contributed by atoms with van der Waals surface area (Å²) in [5.74, 6) is 0.854. The standard InChI is InChI=1S/C8H14ClN/c9-7-8-3-1-5-10(8)6-2-4-8/h1-7H2. The summed E-state index contributed by atoms with van der Waals surface area (Å²) < 4.78 is 0. The Labute approximate surface area is 67.3 Å². The molecule has 10 heavy (non-hydrogen) atoms. The van der Waals surface area contributed by atoms with Gasteiger partial charge in [-0.25, -0.2) is 0 Å². The van der Waals surface area contributed by atoms with Crippen molar-refractivity contribution < 1.29 is 0 Å². The molecule has 0 atom stereocenters. The Morgan fingerprint density at radius 2 is 1.80 bits per heavy atom. The zero-order valence-electron chi connectivity index (χ0n) is 6.27. The molecule has 1 nitrogen and oxygen atoms in total. The predicted octanol–water partition coefficient (Wildman–Crippen LogP) is 1.85. The predicted molar refractivity (Wildman–Crippen MR) is 43.5 cm³/mol. The Bertz CT molecular complexity index is 125. The van der Waals surface area contributed by atoms with E-state index in [0.717, 1.165) is 5.88 Å². The first-order chi connectivity index (χ1) is 4.87. The van der Waals surface area contributed by atoms with Gasteiger partial charge in [-0.05, 0) is 38.8 Å². The van der Waals surface area contributed by atoms with Crippen molar-refractivity contribution in [3.05, 3.63) is 0 Å². The third kappa shape index (κ3) is 0.802. The van der Waals surface area contributed by atoms with E-state index in [0.29, 0.717) is 5.54 Å². The molecule has 0 aromatic carbocycles. The van der Waals surface area contributed by atoms with Crippen LogP contribution in [0.2, 0.25) is 0 Å². The molecule has 0 amide bonds. The van der Waals surface area contributed by atoms with Gasteiger partial charge in [0, 0.05) is 11.4 Å². The molecule has 0 unspecified atom stereocenters. The lowest BCUT2D eigenvalue weighted by Crippen LogP contribution is -2.39. The summed E-state index contributed by atoms with van der Waals surface area (Å²) in [6.45, 7) is 2.60. The largest absolute Gasteiger partial charge is 0.296 e. The van der Waals surface area contributed by atoms with Crippen LogP contribution in [0.15, 0.2) is 0 Å². The smallest absolute Gasteiger partial charge is 0.0408 e. The van der Waals surface area contributed by atoms with Crippen molar-refractivity contribution in [3.63, 3.8) is 0 Å². The van der Waals surface area contributed by atoms with Crippen molar-refractivity contribution in [2.24, 2.45) is 0 Å². The Morgan fingerprint density at radius 1 is 1.20 bits per heavy atom. The molecule has 0 aromatic rings. The van der Waals surface area contributed by atoms with E-state index in [-0.39, 0.29) is 0 Å². The van der Waals surface area contributed by atoms with E-state index in [1.807, 2.05) is 0 Å². The van der Waals surface area contributed by atoms with E-state index in [9.17, 15) is 0 Å². The third-order valence-electron chi connectivity index (χ3n) is 3.06. The number of rotatable bonds is 1. The van der Waals surface area contributed by atoms with Crippen molar-refractivity contribution >= 4 is 11.6 Å². The maximum Gasteiger partial charge on any atom is 0.0408 e. The van der Waals surface area contributed by atoms with Crippen LogP contribution in [0.3, 0.4) is 0 Å². The minimum atomic E-state index is 0.446. The molecule has 58 valence electrons. The summed E-state index contributed by atoms with van der Waals surface area (Å²) in [6.07, 6.45) is 5.42. The molecule has 2 fully saturated rings. The second kappa shape index (κ2) is 2.38. The van der Waals surface area contributed by atoms with E-state index in [2.05, 4.69) is 4.90 Å². The van der Waals surface area contributed by atoms with Crippen LogP contribution in [-0.2, 0) is 0 Å². The van der Waals surface area contributed by atoms with Crippen LogP contribution in [0.1, 0.15) is 25.7 Å². The molecule has 0 radical (unpaired) electrons. The first-order valence-corrected chi connectivity index (χ1v) is 4.72. The highest BCUT2D eigenvalue weighted by atomic mass is 35.5. The Balaban J connectivity index is 2.15. The highest BCUT2D eigenvalue weighted by Crippen LogP contribution is 2.39. The van der Waals surface area contributed by atoms with E-state index in [1.165, 1.54) is 38.8 Å². The lowest BCUT2D eigenvalue weighted by Gasteiger charge is -2.29. The van der Waals surface area contributed by atoms with Crippen molar-refractivity contribution in [1.82, 2.24) is 4.90 Å². The Morgan fingerprint density at radius 3 is 2.20 bits per heavy atom. The van der Waals surface area contributed by atoms with E-state index in [4.69, 9.17) is 11.6 Å². The van der Waals surface area contributed by atoms with Crippen molar-refractivity contribution in [2.75, 3.05) is 19.0 Å². The monoisotopic (exact) mass is 159 g/mol. The van der Waals surface area contributed by atoms with Gasteiger partial charge in [0.25, 0.3) is 0 Å². The number of hydrogen-bond donors (Lipinski definition) is 0. The minimum absolute atomic E-state index is 0.446. The van der Waals surface area contributed by atoms with Crippen molar-refractivity contribution in [1.29, 1.82) is 0 Å². The van der Waals surface area contributed by atoms with Crippen LogP contribution in [0.5, 0.6) is 0 Å². The molecular weight excluding hydrogens is 146 g/mol. The second-order valence-electron chi connectivity index (χ2n) is 3.55. The molecule has 2 aliphatic heterocycles. The van der Waals surface area contributed by atoms with Crippen LogP contribution >= 0.6 is 11.6 Å². The van der Waals surface area contributed by atoms with Crippen LogP contribution in [0.4, 0.5) is 0 Å². The SMILES string of the molecule is ClCC12CCCN1CCC2. The topological polar surface area (TPSA) is 3.24 Å². The summed E-state index contributed by atoms with van der Waals surface area (Å²) in [5.41, 5.74) is 0.446. The second-order valence-corrected chi connectivity index (χ2v) is 3.82. The van der Waals surface area contributed by atoms with E-state index < -0.39 is 0 Å². The fourth-order valence-corrected chi connectivity index (χ4v) is 2.88. The summed E-state index contributed by atoms with van der Waals surface area (Å²) in [7, 11) is 0. The van der Waals surface area contributed by atoms with Crippen LogP contribution < -0.4 is 0 Å². The van der Waals surface area contributed by atoms with Gasteiger partial charge in [-0.15, -0.1) is 11.6 Å². The van der Waals surface area contributed by atoms with Gasteiger partial charge in [-0.1, -0.05) is 0 Å². The molecule has 2 rings (SSSR count). The van der Waals surface area contributed by atoms with Crippen molar-refractivity contribution in [2.45, 2.75) is 31.2 Å². The fraction of sp³-hybridized carbons (Fsp3) is 1.00. The molecule has 2 saturated heterocycles. The van der Waals surface area contributed by atoms with Gasteiger partial charge in [-0.3, -0.25) is 4.90 Å². The Kier molecular flexibility index (Phi) is 1.65. The molecule has 2 heterocycles. The van der Waals surface area contributed by atoms with Gasteiger partial charge in [0.1, 0.15) is 0 Å². The van der Waals surface area contributed by atoms with Gasteiger partial charge in [0.05, 0.1) is 0 Å². The lowest BCUT2D eigenvalue weighted by atomic mass is 9.97. The van der Waals surface area contributed by atoms with Gasteiger partial charge >= 0.3 is 0 Å². The highest BCUT2D eigenvalue weighted by Gasteiger charge is 2.43. The minimum Gasteiger partial charge on any atom is -0.296 e. The van der Waals surface area contributed by atoms with Gasteiger partial charge < -0.3 is 0 Å². The summed E-state index contributed by atoms with van der Waals surface area (Å²) in [4.78, 5) is 2.58. The molecule has 0 aliphatic carbocycles. The maximum absolute atomic E-state index is 5.96. The molecule has 0 aromatic heterocycles. The number of fused-ring (bicyclic) bond motifs is 1. The lowest BCUT2D eigenvalue weighted by molar-refractivity contribution is 0.222. The number of alkyl halides is 1. The van der Waals surface area contributed by atoms with E-state index >= 15 is 0 Å². The average molecular weight is 160 g/mol. The van der Waals surface area contributed by atoms with Gasteiger partial charge in [-0.2, -0.15) is 0 Å². The molecule has 2 heteroatoms. The zero-order chi connectivity index (χ0) is 7.03. The van der Waals surface area contributed by atoms with Crippen LogP contribution in [-0.4, -0.2) is 29.4 Å². The van der Waals surface area contributed by atoms with E-state index in [1.54, 1.807) is 0 Å². The first kappa shape index (κ1) is 6.93. The van der Waals surface area contributed by atoms with Gasteiger partial charge in [0.2, 0.25) is 0 Å². The molecular formula is C8H14ClN. The summed E-state index contributed by atoms with van der Waals surface area (Å²) in [5, 5.41) is 0. The zero-order valence-corrected chi connectivity index (χ0v) is 7.03. The maximum atomic E-state index is 5.96.